The van der Waals surface area contributed by atoms with Crippen molar-refractivity contribution in [2.24, 2.45) is 5.92 Å². The van der Waals surface area contributed by atoms with Gasteiger partial charge >= 0.3 is 6.18 Å². The number of carbonyl (C=O) groups excluding carboxylic acids is 1. The van der Waals surface area contributed by atoms with E-state index in [0.29, 0.717) is 19.5 Å². The Hall–Kier alpha value is -1.60. The van der Waals surface area contributed by atoms with Crippen LogP contribution in [0.5, 0.6) is 0 Å². The zero-order valence-corrected chi connectivity index (χ0v) is 13.9. The lowest BCUT2D eigenvalue weighted by Gasteiger charge is -2.41. The molecule has 0 spiro atoms. The van der Waals surface area contributed by atoms with Gasteiger partial charge in [0.2, 0.25) is 5.91 Å². The van der Waals surface area contributed by atoms with Gasteiger partial charge in [0.05, 0.1) is 12.6 Å². The van der Waals surface area contributed by atoms with E-state index in [-0.39, 0.29) is 24.5 Å². The highest BCUT2D eigenvalue weighted by Crippen LogP contribution is 2.26. The molecule has 0 aliphatic carbocycles. The Morgan fingerprint density at radius 2 is 2.00 bits per heavy atom. The van der Waals surface area contributed by atoms with Crippen LogP contribution >= 0.6 is 0 Å². The van der Waals surface area contributed by atoms with Crippen LogP contribution in [0.2, 0.25) is 0 Å². The fourth-order valence-electron chi connectivity index (χ4n) is 3.10. The van der Waals surface area contributed by atoms with E-state index < -0.39 is 12.7 Å². The molecule has 0 bridgehead atoms. The second-order valence-electron chi connectivity index (χ2n) is 6.29. The molecular weight excluding hydrogens is 321 g/mol. The summed E-state index contributed by atoms with van der Waals surface area (Å²) in [5, 5.41) is 1.34. The van der Waals surface area contributed by atoms with E-state index in [9.17, 15) is 18.0 Å². The van der Waals surface area contributed by atoms with E-state index >= 15 is 0 Å². The Morgan fingerprint density at radius 3 is 2.54 bits per heavy atom. The molecule has 1 fully saturated rings. The summed E-state index contributed by atoms with van der Waals surface area (Å²) in [6.07, 6.45) is -3.73. The van der Waals surface area contributed by atoms with Crippen molar-refractivity contribution in [3.63, 3.8) is 0 Å². The largest absolute Gasteiger partial charge is 0.401 e. The summed E-state index contributed by atoms with van der Waals surface area (Å²) < 4.78 is 37.6. The van der Waals surface area contributed by atoms with E-state index in [0.717, 1.165) is 5.56 Å². The second kappa shape index (κ2) is 7.98. The van der Waals surface area contributed by atoms with Crippen LogP contribution in [0.3, 0.4) is 0 Å². The van der Waals surface area contributed by atoms with Crippen molar-refractivity contribution in [3.8, 4) is 0 Å². The minimum Gasteiger partial charge on any atom is -0.295 e. The van der Waals surface area contributed by atoms with E-state index in [1.54, 1.807) is 0 Å². The molecule has 2 unspecified atom stereocenters. The fraction of sp³-hybridized carbons (Fsp3) is 0.588. The summed E-state index contributed by atoms with van der Waals surface area (Å²) in [4.78, 5) is 19.0. The third-order valence-corrected chi connectivity index (χ3v) is 4.17. The number of piperidine rings is 1. The molecule has 1 saturated heterocycles. The van der Waals surface area contributed by atoms with Crippen LogP contribution in [-0.4, -0.2) is 47.7 Å². The monoisotopic (exact) mass is 344 g/mol. The molecule has 2 rings (SSSR count). The number of carbonyl (C=O) groups is 1. The molecule has 24 heavy (non-hydrogen) atoms. The maximum atomic E-state index is 12.5. The summed E-state index contributed by atoms with van der Waals surface area (Å²) >= 11 is 0. The number of nitrogens with zero attached hydrogens (tertiary/aromatic N) is 2. The average Bonchev–Trinajstić information content (AvgIpc) is 2.48. The van der Waals surface area contributed by atoms with Gasteiger partial charge in [0.25, 0.3) is 0 Å². The Kier molecular flexibility index (Phi) is 6.23. The molecule has 1 aromatic carbocycles. The highest BCUT2D eigenvalue weighted by atomic mass is 19.4. The van der Waals surface area contributed by atoms with Crippen molar-refractivity contribution in [1.29, 1.82) is 0 Å². The second-order valence-corrected chi connectivity index (χ2v) is 6.29. The van der Waals surface area contributed by atoms with Gasteiger partial charge in [0.15, 0.2) is 0 Å². The van der Waals surface area contributed by atoms with Gasteiger partial charge in [-0.1, -0.05) is 37.3 Å². The number of alkyl halides is 3. The first-order valence-electron chi connectivity index (χ1n) is 8.02. The summed E-state index contributed by atoms with van der Waals surface area (Å²) in [6, 6.07) is 9.24. The number of amides is 1. The topological polar surface area (TPSA) is 32.8 Å². The van der Waals surface area contributed by atoms with E-state index in [1.165, 1.54) is 16.9 Å². The number of hydroxylamine groups is 2. The Morgan fingerprint density at radius 1 is 1.33 bits per heavy atom. The number of hydrogen-bond donors (Lipinski definition) is 0. The number of benzene rings is 1. The standard InChI is InChI=1S/C17H23F3N2O2/c1-13-10-21(12-17(18,19)20)9-8-16(13)22(14(2)23)24-11-15-6-4-3-5-7-15/h3-7,13,16H,8-12H2,1-2H3. The molecule has 0 aromatic heterocycles. The highest BCUT2D eigenvalue weighted by Gasteiger charge is 2.37. The van der Waals surface area contributed by atoms with Crippen molar-refractivity contribution in [2.75, 3.05) is 19.6 Å². The van der Waals surface area contributed by atoms with Crippen LogP contribution in [0.1, 0.15) is 25.8 Å². The van der Waals surface area contributed by atoms with Crippen LogP contribution in [0.4, 0.5) is 13.2 Å². The van der Waals surface area contributed by atoms with Crippen LogP contribution < -0.4 is 0 Å². The van der Waals surface area contributed by atoms with Gasteiger partial charge in [-0.15, -0.1) is 0 Å². The maximum absolute atomic E-state index is 12.5. The molecule has 1 aliphatic rings. The predicted molar refractivity (Wildman–Crippen MR) is 83.8 cm³/mol. The highest BCUT2D eigenvalue weighted by molar-refractivity contribution is 5.72. The van der Waals surface area contributed by atoms with Gasteiger partial charge in [-0.3, -0.25) is 14.5 Å². The van der Waals surface area contributed by atoms with E-state index in [1.807, 2.05) is 37.3 Å². The minimum absolute atomic E-state index is 0.0965. The SMILES string of the molecule is CC(=O)N(OCc1ccccc1)C1CCN(CC(F)(F)F)CC1C. The zero-order chi connectivity index (χ0) is 17.7. The molecule has 0 saturated carbocycles. The summed E-state index contributed by atoms with van der Waals surface area (Å²) in [7, 11) is 0. The number of hydrogen-bond acceptors (Lipinski definition) is 3. The van der Waals surface area contributed by atoms with Gasteiger partial charge < -0.3 is 0 Å². The maximum Gasteiger partial charge on any atom is 0.401 e. The van der Waals surface area contributed by atoms with Crippen molar-refractivity contribution >= 4 is 5.91 Å². The summed E-state index contributed by atoms with van der Waals surface area (Å²) in [5.41, 5.74) is 0.936. The lowest BCUT2D eigenvalue weighted by Crippen LogP contribution is -2.52. The minimum atomic E-state index is -4.20. The first-order valence-corrected chi connectivity index (χ1v) is 8.02. The van der Waals surface area contributed by atoms with E-state index in [4.69, 9.17) is 4.84 Å². The zero-order valence-electron chi connectivity index (χ0n) is 13.9. The normalized spacial score (nSPS) is 22.4. The number of likely N-dealkylation sites (tertiary alicyclic amines) is 1. The first kappa shape index (κ1) is 18.7. The average molecular weight is 344 g/mol. The molecule has 2 atom stereocenters. The Labute approximate surface area is 140 Å². The lowest BCUT2D eigenvalue weighted by atomic mass is 9.93. The predicted octanol–water partition coefficient (Wildman–Crippen LogP) is 3.24. The van der Waals surface area contributed by atoms with Gasteiger partial charge in [0.1, 0.15) is 6.61 Å². The third-order valence-electron chi connectivity index (χ3n) is 4.17. The van der Waals surface area contributed by atoms with Crippen LogP contribution in [0.15, 0.2) is 30.3 Å². The third kappa shape index (κ3) is 5.49. The Balaban J connectivity index is 1.95. The molecule has 1 aromatic rings. The molecule has 1 heterocycles. The number of halogens is 3. The molecular formula is C17H23F3N2O2. The first-order chi connectivity index (χ1) is 11.3. The van der Waals surface area contributed by atoms with Gasteiger partial charge in [-0.2, -0.15) is 13.2 Å². The molecule has 4 nitrogen and oxygen atoms in total. The summed E-state index contributed by atoms with van der Waals surface area (Å²) in [5.74, 6) is -0.326. The van der Waals surface area contributed by atoms with Crippen molar-refractivity contribution < 1.29 is 22.8 Å². The number of rotatable bonds is 5. The lowest BCUT2D eigenvalue weighted by molar-refractivity contribution is -0.217. The van der Waals surface area contributed by atoms with Crippen molar-refractivity contribution in [3.05, 3.63) is 35.9 Å². The van der Waals surface area contributed by atoms with Crippen LogP contribution in [0, 0.1) is 5.92 Å². The van der Waals surface area contributed by atoms with Crippen molar-refractivity contribution in [1.82, 2.24) is 9.96 Å². The molecule has 7 heteroatoms. The Bertz CT molecular complexity index is 536. The van der Waals surface area contributed by atoms with Gasteiger partial charge in [-0.05, 0) is 17.9 Å². The van der Waals surface area contributed by atoms with Gasteiger partial charge in [0, 0.05) is 20.0 Å². The molecule has 134 valence electrons. The molecule has 1 aliphatic heterocycles. The van der Waals surface area contributed by atoms with Gasteiger partial charge in [-0.25, -0.2) is 5.06 Å². The van der Waals surface area contributed by atoms with Crippen molar-refractivity contribution in [2.45, 2.75) is 39.1 Å². The summed E-state index contributed by atoms with van der Waals surface area (Å²) in [6.45, 7) is 3.22. The van der Waals surface area contributed by atoms with Crippen LogP contribution in [-0.2, 0) is 16.2 Å². The molecule has 0 radical (unpaired) electrons. The quantitative estimate of drug-likeness (QED) is 0.769. The molecule has 0 N–H and O–H groups in total. The van der Waals surface area contributed by atoms with Crippen LogP contribution in [0.25, 0.3) is 0 Å². The van der Waals surface area contributed by atoms with E-state index in [2.05, 4.69) is 0 Å². The smallest absolute Gasteiger partial charge is 0.295 e. The fourth-order valence-corrected chi connectivity index (χ4v) is 3.10. The molecule has 1 amide bonds.